The Morgan fingerprint density at radius 3 is 2.45 bits per heavy atom. The number of hydrogen-bond acceptors (Lipinski definition) is 3. The molecule has 0 spiro atoms. The zero-order valence-corrected chi connectivity index (χ0v) is 10.7. The average Bonchev–Trinajstić information content (AvgIpc) is 2.64. The van der Waals surface area contributed by atoms with Gasteiger partial charge in [0.2, 0.25) is 0 Å². The minimum atomic E-state index is -1.33. The van der Waals surface area contributed by atoms with Crippen molar-refractivity contribution in [3.05, 3.63) is 35.6 Å². The molecule has 1 aromatic rings. The predicted octanol–water partition coefficient (Wildman–Crippen LogP) is 1.07. The Bertz CT molecular complexity index is 572. The Hall–Kier alpha value is -2.44. The fourth-order valence-electron chi connectivity index (χ4n) is 2.28. The zero-order valence-electron chi connectivity index (χ0n) is 10.7. The van der Waals surface area contributed by atoms with E-state index in [1.807, 2.05) is 0 Å². The number of carboxylic acid groups (broad SMARTS) is 1. The van der Waals surface area contributed by atoms with E-state index in [4.69, 9.17) is 5.11 Å². The number of nitrogens with zero attached hydrogens (tertiary/aromatic N) is 1. The van der Waals surface area contributed by atoms with E-state index in [1.165, 1.54) is 24.3 Å². The first-order valence-corrected chi connectivity index (χ1v) is 6.02. The second kappa shape index (κ2) is 4.92. The van der Waals surface area contributed by atoms with Crippen molar-refractivity contribution >= 4 is 17.9 Å². The highest BCUT2D eigenvalue weighted by Gasteiger charge is 2.51. The largest absolute Gasteiger partial charge is 0.480 e. The quantitative estimate of drug-likeness (QED) is 0.808. The van der Waals surface area contributed by atoms with Crippen LogP contribution < -0.4 is 5.32 Å². The number of carbonyl (C=O) groups is 3. The molecule has 0 radical (unpaired) electrons. The first kappa shape index (κ1) is 14.0. The normalized spacial score (nSPS) is 22.0. The van der Waals surface area contributed by atoms with Gasteiger partial charge in [0.15, 0.2) is 0 Å². The Labute approximate surface area is 114 Å². The van der Waals surface area contributed by atoms with Crippen molar-refractivity contribution in [3.8, 4) is 0 Å². The molecule has 0 bridgehead atoms. The lowest BCUT2D eigenvalue weighted by Crippen LogP contribution is -2.43. The number of nitrogens with one attached hydrogen (secondary N) is 1. The number of aliphatic carboxylic acids is 1. The van der Waals surface area contributed by atoms with Gasteiger partial charge in [0.1, 0.15) is 17.9 Å². The molecule has 1 atom stereocenters. The van der Waals surface area contributed by atoms with E-state index in [-0.39, 0.29) is 6.42 Å². The van der Waals surface area contributed by atoms with Crippen LogP contribution in [0.2, 0.25) is 0 Å². The highest BCUT2D eigenvalue weighted by Crippen LogP contribution is 2.32. The highest BCUT2D eigenvalue weighted by molar-refractivity contribution is 6.08. The number of amides is 3. The Balaban J connectivity index is 2.42. The van der Waals surface area contributed by atoms with Gasteiger partial charge in [-0.15, -0.1) is 0 Å². The van der Waals surface area contributed by atoms with E-state index >= 15 is 0 Å². The van der Waals surface area contributed by atoms with E-state index in [9.17, 15) is 18.8 Å². The molecule has 2 rings (SSSR count). The van der Waals surface area contributed by atoms with Gasteiger partial charge in [0.05, 0.1) is 0 Å². The number of halogens is 1. The third-order valence-corrected chi connectivity index (χ3v) is 3.34. The summed E-state index contributed by atoms with van der Waals surface area (Å²) in [6, 6.07) is 4.42. The highest BCUT2D eigenvalue weighted by atomic mass is 19.1. The van der Waals surface area contributed by atoms with Crippen LogP contribution >= 0.6 is 0 Å². The van der Waals surface area contributed by atoms with Crippen LogP contribution in [-0.2, 0) is 15.1 Å². The van der Waals surface area contributed by atoms with Crippen molar-refractivity contribution in [3.63, 3.8) is 0 Å². The molecular formula is C13H13FN2O4. The number of benzene rings is 1. The SMILES string of the molecule is CCC1(c2ccc(F)cc2)NC(=O)N(CC(=O)O)C1=O. The van der Waals surface area contributed by atoms with Gasteiger partial charge in [0, 0.05) is 0 Å². The third-order valence-electron chi connectivity index (χ3n) is 3.34. The first-order chi connectivity index (χ1) is 9.40. The van der Waals surface area contributed by atoms with Gasteiger partial charge in [-0.1, -0.05) is 19.1 Å². The molecule has 6 nitrogen and oxygen atoms in total. The number of rotatable bonds is 4. The molecule has 1 fully saturated rings. The molecule has 2 N–H and O–H groups in total. The molecule has 0 aromatic heterocycles. The van der Waals surface area contributed by atoms with Crippen LogP contribution in [0.1, 0.15) is 18.9 Å². The molecule has 0 saturated carbocycles. The summed E-state index contributed by atoms with van der Waals surface area (Å²) in [5, 5.41) is 11.2. The molecule has 1 aromatic carbocycles. The summed E-state index contributed by atoms with van der Waals surface area (Å²) < 4.78 is 13.0. The first-order valence-electron chi connectivity index (χ1n) is 6.02. The minimum absolute atomic E-state index is 0.235. The molecule has 1 aliphatic rings. The minimum Gasteiger partial charge on any atom is -0.480 e. The summed E-state index contributed by atoms with van der Waals surface area (Å²) in [6.07, 6.45) is 0.235. The second-order valence-electron chi connectivity index (χ2n) is 4.48. The summed E-state index contributed by atoms with van der Waals surface area (Å²) in [6.45, 7) is 0.986. The van der Waals surface area contributed by atoms with E-state index in [2.05, 4.69) is 5.32 Å². The fourth-order valence-corrected chi connectivity index (χ4v) is 2.28. The van der Waals surface area contributed by atoms with Crippen LogP contribution in [0.25, 0.3) is 0 Å². The van der Waals surface area contributed by atoms with E-state index in [0.29, 0.717) is 10.5 Å². The lowest BCUT2D eigenvalue weighted by molar-refractivity contribution is -0.143. The maximum Gasteiger partial charge on any atom is 0.325 e. The molecule has 106 valence electrons. The number of imide groups is 1. The van der Waals surface area contributed by atoms with E-state index < -0.39 is 35.8 Å². The molecule has 20 heavy (non-hydrogen) atoms. The second-order valence-corrected chi connectivity index (χ2v) is 4.48. The van der Waals surface area contributed by atoms with Crippen molar-refractivity contribution in [2.75, 3.05) is 6.54 Å². The summed E-state index contributed by atoms with van der Waals surface area (Å²) in [5.74, 6) is -2.38. The molecule has 3 amide bonds. The standard InChI is InChI=1S/C13H13FN2O4/c1-2-13(8-3-5-9(14)6-4-8)11(19)16(7-10(17)18)12(20)15-13/h3-6H,2,7H2,1H3,(H,15,20)(H,17,18). The number of urea groups is 1. The van der Waals surface area contributed by atoms with Crippen LogP contribution in [0.3, 0.4) is 0 Å². The van der Waals surface area contributed by atoms with Gasteiger partial charge < -0.3 is 10.4 Å². The number of carboxylic acids is 1. The van der Waals surface area contributed by atoms with Gasteiger partial charge in [-0.2, -0.15) is 0 Å². The summed E-state index contributed by atoms with van der Waals surface area (Å²) >= 11 is 0. The van der Waals surface area contributed by atoms with Crippen molar-refractivity contribution in [2.45, 2.75) is 18.9 Å². The maximum absolute atomic E-state index is 13.0. The van der Waals surface area contributed by atoms with Crippen molar-refractivity contribution in [2.24, 2.45) is 0 Å². The number of carbonyl (C=O) groups excluding carboxylic acids is 2. The van der Waals surface area contributed by atoms with Crippen LogP contribution in [0.15, 0.2) is 24.3 Å². The van der Waals surface area contributed by atoms with Gasteiger partial charge in [-0.25, -0.2) is 9.18 Å². The molecule has 1 saturated heterocycles. The van der Waals surface area contributed by atoms with Gasteiger partial charge >= 0.3 is 12.0 Å². The predicted molar refractivity (Wildman–Crippen MR) is 66.2 cm³/mol. The van der Waals surface area contributed by atoms with Crippen LogP contribution in [0, 0.1) is 5.82 Å². The van der Waals surface area contributed by atoms with E-state index in [0.717, 1.165) is 0 Å². The van der Waals surface area contributed by atoms with Gasteiger partial charge in [-0.3, -0.25) is 14.5 Å². The summed E-state index contributed by atoms with van der Waals surface area (Å²) in [5.41, 5.74) is -0.909. The summed E-state index contributed by atoms with van der Waals surface area (Å²) in [4.78, 5) is 35.5. The molecule has 1 unspecified atom stereocenters. The van der Waals surface area contributed by atoms with E-state index in [1.54, 1.807) is 6.92 Å². The Morgan fingerprint density at radius 2 is 1.95 bits per heavy atom. The van der Waals surface area contributed by atoms with Crippen LogP contribution in [-0.4, -0.2) is 34.5 Å². The molecule has 7 heteroatoms. The fraction of sp³-hybridized carbons (Fsp3) is 0.308. The van der Waals surface area contributed by atoms with Gasteiger partial charge in [0.25, 0.3) is 5.91 Å². The monoisotopic (exact) mass is 280 g/mol. The molecular weight excluding hydrogens is 267 g/mol. The van der Waals surface area contributed by atoms with Crippen LogP contribution in [0.4, 0.5) is 9.18 Å². The Morgan fingerprint density at radius 1 is 1.35 bits per heavy atom. The van der Waals surface area contributed by atoms with Gasteiger partial charge in [-0.05, 0) is 24.1 Å². The Kier molecular flexibility index (Phi) is 3.44. The van der Waals surface area contributed by atoms with Crippen molar-refractivity contribution in [1.29, 1.82) is 0 Å². The molecule has 1 aliphatic heterocycles. The zero-order chi connectivity index (χ0) is 14.9. The lowest BCUT2D eigenvalue weighted by Gasteiger charge is -2.25. The van der Waals surface area contributed by atoms with Crippen molar-refractivity contribution in [1.82, 2.24) is 10.2 Å². The van der Waals surface area contributed by atoms with Crippen molar-refractivity contribution < 1.29 is 23.9 Å². The smallest absolute Gasteiger partial charge is 0.325 e. The molecule has 0 aliphatic carbocycles. The third kappa shape index (κ3) is 2.11. The average molecular weight is 280 g/mol. The summed E-state index contributed by atoms with van der Waals surface area (Å²) in [7, 11) is 0. The number of hydrogen-bond donors (Lipinski definition) is 2. The molecule has 1 heterocycles. The van der Waals surface area contributed by atoms with Crippen LogP contribution in [0.5, 0.6) is 0 Å². The lowest BCUT2D eigenvalue weighted by atomic mass is 9.87. The maximum atomic E-state index is 13.0. The topological polar surface area (TPSA) is 86.7 Å².